The molecule has 0 saturated carbocycles. The number of carbonyl (C=O) groups excluding carboxylic acids is 2. The number of rotatable bonds is 3. The molecule has 1 aromatic carbocycles. The molecule has 0 radical (unpaired) electrons. The molecule has 28 heavy (non-hydrogen) atoms. The van der Waals surface area contributed by atoms with Gasteiger partial charge in [0.05, 0.1) is 36.6 Å². The van der Waals surface area contributed by atoms with Crippen molar-refractivity contribution in [1.82, 2.24) is 0 Å². The van der Waals surface area contributed by atoms with Crippen LogP contribution >= 0.6 is 22.6 Å². The van der Waals surface area contributed by atoms with Gasteiger partial charge in [0.1, 0.15) is 11.8 Å². The van der Waals surface area contributed by atoms with Gasteiger partial charge in [0.15, 0.2) is 0 Å². The number of anilines is 1. The third-order valence-electron chi connectivity index (χ3n) is 3.64. The van der Waals surface area contributed by atoms with Crippen molar-refractivity contribution in [2.45, 2.75) is 6.18 Å². The highest BCUT2D eigenvalue weighted by atomic mass is 127. The third-order valence-corrected chi connectivity index (χ3v) is 4.46. The van der Waals surface area contributed by atoms with Gasteiger partial charge in [0.25, 0.3) is 0 Å². The normalized spacial score (nSPS) is 13.8. The van der Waals surface area contributed by atoms with E-state index in [2.05, 4.69) is 4.74 Å². The molecule has 0 amide bonds. The Balaban J connectivity index is 2.83. The fourth-order valence-corrected chi connectivity index (χ4v) is 3.32. The first-order chi connectivity index (χ1) is 13.1. The van der Waals surface area contributed by atoms with Gasteiger partial charge in [-0.1, -0.05) is 6.08 Å². The third kappa shape index (κ3) is 4.19. The van der Waals surface area contributed by atoms with Crippen LogP contribution in [0.15, 0.2) is 47.8 Å². The molecule has 0 N–H and O–H groups in total. The summed E-state index contributed by atoms with van der Waals surface area (Å²) in [6.07, 6.45) is 0.881. The van der Waals surface area contributed by atoms with Gasteiger partial charge in [-0.15, -0.1) is 0 Å². The molecule has 146 valence electrons. The minimum Gasteiger partial charge on any atom is -0.465 e. The monoisotopic (exact) mass is 504 g/mol. The molecule has 0 aromatic heterocycles. The largest absolute Gasteiger partial charge is 0.465 e. The zero-order valence-electron chi connectivity index (χ0n) is 14.5. The highest BCUT2D eigenvalue weighted by Gasteiger charge is 2.34. The topological polar surface area (TPSA) is 79.6 Å². The minimum absolute atomic E-state index is 0.00199. The van der Waals surface area contributed by atoms with Crippen LogP contribution in [0, 0.1) is 14.9 Å². The lowest BCUT2D eigenvalue weighted by Gasteiger charge is -2.25. The van der Waals surface area contributed by atoms with E-state index < -0.39 is 23.7 Å². The van der Waals surface area contributed by atoms with Crippen LogP contribution in [0.3, 0.4) is 0 Å². The molecular weight excluding hydrogens is 492 g/mol. The first-order valence-corrected chi connectivity index (χ1v) is 8.59. The van der Waals surface area contributed by atoms with Crippen LogP contribution in [0.25, 0.3) is 0 Å². The van der Waals surface area contributed by atoms with E-state index in [-0.39, 0.29) is 26.1 Å². The number of ether oxygens (including phenoxy) is 2. The number of halogens is 4. The molecule has 1 aromatic rings. The predicted molar refractivity (Wildman–Crippen MR) is 101 cm³/mol. The first-order valence-electron chi connectivity index (χ1n) is 7.51. The molecule has 6 nitrogen and oxygen atoms in total. The molecule has 0 atom stereocenters. The number of alkyl halides is 3. The summed E-state index contributed by atoms with van der Waals surface area (Å²) in [5.74, 6) is -1.79. The van der Waals surface area contributed by atoms with Crippen LogP contribution in [0.2, 0.25) is 0 Å². The number of allylic oxidation sites excluding steroid dienone is 2. The second-order valence-electron chi connectivity index (χ2n) is 5.28. The number of nitriles is 1. The van der Waals surface area contributed by atoms with E-state index in [1.165, 1.54) is 24.4 Å². The lowest BCUT2D eigenvalue weighted by molar-refractivity contribution is -0.139. The smallest absolute Gasteiger partial charge is 0.416 e. The number of carbonyl (C=O) groups is 2. The zero-order valence-corrected chi connectivity index (χ0v) is 16.7. The molecule has 2 rings (SSSR count). The van der Waals surface area contributed by atoms with Crippen molar-refractivity contribution in [2.75, 3.05) is 19.1 Å². The Morgan fingerprint density at radius 3 is 2.32 bits per heavy atom. The van der Waals surface area contributed by atoms with Crippen molar-refractivity contribution >= 4 is 40.2 Å². The molecule has 0 bridgehead atoms. The molecule has 0 aliphatic carbocycles. The predicted octanol–water partition coefficient (Wildman–Crippen LogP) is 3.67. The molecule has 0 fully saturated rings. The Bertz CT molecular complexity index is 959. The molecular formula is C18H12F3IN2O4. The van der Waals surface area contributed by atoms with E-state index in [9.17, 15) is 28.0 Å². The summed E-state index contributed by atoms with van der Waals surface area (Å²) < 4.78 is 48.8. The first kappa shape index (κ1) is 21.5. The average Bonchev–Trinajstić information content (AvgIpc) is 2.87. The molecule has 1 aliphatic rings. The summed E-state index contributed by atoms with van der Waals surface area (Å²) in [6.45, 7) is 0. The molecule has 0 spiro atoms. The Morgan fingerprint density at radius 1 is 1.14 bits per heavy atom. The van der Waals surface area contributed by atoms with Crippen LogP contribution in [-0.2, 0) is 25.2 Å². The quantitative estimate of drug-likeness (QED) is 0.462. The summed E-state index contributed by atoms with van der Waals surface area (Å²) in [5, 5.41) is 9.43. The maximum absolute atomic E-state index is 13.1. The zero-order chi connectivity index (χ0) is 21.1. The Kier molecular flexibility index (Phi) is 6.50. The van der Waals surface area contributed by atoms with Crippen LogP contribution in [-0.4, -0.2) is 26.2 Å². The van der Waals surface area contributed by atoms with Gasteiger partial charge in [-0.25, -0.2) is 9.59 Å². The number of benzene rings is 1. The van der Waals surface area contributed by atoms with Crippen LogP contribution in [0.5, 0.6) is 0 Å². The van der Waals surface area contributed by atoms with Crippen LogP contribution in [0.1, 0.15) is 11.1 Å². The lowest BCUT2D eigenvalue weighted by Crippen LogP contribution is -2.28. The van der Waals surface area contributed by atoms with Crippen LogP contribution < -0.4 is 4.90 Å². The van der Waals surface area contributed by atoms with E-state index >= 15 is 0 Å². The van der Waals surface area contributed by atoms with Gasteiger partial charge in [-0.3, -0.25) is 0 Å². The number of esters is 2. The fourth-order valence-electron chi connectivity index (χ4n) is 2.43. The van der Waals surface area contributed by atoms with Gasteiger partial charge < -0.3 is 14.4 Å². The van der Waals surface area contributed by atoms with E-state index in [0.717, 1.165) is 25.2 Å². The summed E-state index contributed by atoms with van der Waals surface area (Å²) in [6, 6.07) is 3.23. The van der Waals surface area contributed by atoms with Gasteiger partial charge in [0, 0.05) is 9.77 Å². The second kappa shape index (κ2) is 8.47. The lowest BCUT2D eigenvalue weighted by atomic mass is 10.1. The maximum Gasteiger partial charge on any atom is 0.416 e. The second-order valence-corrected chi connectivity index (χ2v) is 6.44. The maximum atomic E-state index is 13.1. The fraction of sp³-hybridized carbons (Fsp3) is 0.167. The summed E-state index contributed by atoms with van der Waals surface area (Å²) in [5.41, 5.74) is -1.83. The van der Waals surface area contributed by atoms with Gasteiger partial charge in [-0.2, -0.15) is 18.4 Å². The van der Waals surface area contributed by atoms with Crippen LogP contribution in [0.4, 0.5) is 18.9 Å². The van der Waals surface area contributed by atoms with E-state index in [1.54, 1.807) is 28.7 Å². The van der Waals surface area contributed by atoms with Crippen molar-refractivity contribution in [3.05, 3.63) is 62.5 Å². The van der Waals surface area contributed by atoms with Crippen molar-refractivity contribution < 1.29 is 32.2 Å². The number of hydrogen-bond donors (Lipinski definition) is 0. The molecule has 10 heteroatoms. The average molecular weight is 504 g/mol. The highest BCUT2D eigenvalue weighted by molar-refractivity contribution is 14.1. The van der Waals surface area contributed by atoms with Gasteiger partial charge >= 0.3 is 18.1 Å². The molecule has 0 saturated heterocycles. The van der Waals surface area contributed by atoms with Crippen molar-refractivity contribution in [3.8, 4) is 6.07 Å². The molecule has 1 aliphatic heterocycles. The molecule has 1 heterocycles. The van der Waals surface area contributed by atoms with Gasteiger partial charge in [-0.05, 0) is 46.9 Å². The number of nitrogens with zero attached hydrogens (tertiary/aromatic N) is 2. The van der Waals surface area contributed by atoms with E-state index in [0.29, 0.717) is 6.07 Å². The Morgan fingerprint density at radius 2 is 1.79 bits per heavy atom. The number of methoxy groups -OCH3 is 2. The van der Waals surface area contributed by atoms with Gasteiger partial charge in [0.2, 0.25) is 0 Å². The standard InChI is InChI=1S/C18H12F3IN2O4/c1-27-16(25)12-5-3-4-6-24(15(12)17(26)28-2)14-10(9-23)7-11(8-13(14)22)18(19,20)21/h3-8H,1-2H3. The van der Waals surface area contributed by atoms with Crippen molar-refractivity contribution in [3.63, 3.8) is 0 Å². The van der Waals surface area contributed by atoms with Crippen molar-refractivity contribution in [2.24, 2.45) is 0 Å². The van der Waals surface area contributed by atoms with Crippen molar-refractivity contribution in [1.29, 1.82) is 5.26 Å². The minimum atomic E-state index is -4.65. The summed E-state index contributed by atoms with van der Waals surface area (Å²) in [7, 11) is 2.20. The Hall–Kier alpha value is -2.81. The number of hydrogen-bond acceptors (Lipinski definition) is 6. The van der Waals surface area contributed by atoms with E-state index in [4.69, 9.17) is 4.74 Å². The molecule has 0 unspecified atom stereocenters. The van der Waals surface area contributed by atoms with E-state index in [1.807, 2.05) is 0 Å². The highest BCUT2D eigenvalue weighted by Crippen LogP contribution is 2.38. The Labute approximate surface area is 171 Å². The summed E-state index contributed by atoms with van der Waals surface area (Å²) in [4.78, 5) is 25.7. The SMILES string of the molecule is COC(=O)C1=C(C(=O)OC)N(c2c(I)cc(C(F)(F)F)cc2C#N)C=CC=C1. The summed E-state index contributed by atoms with van der Waals surface area (Å²) >= 11 is 1.63.